The lowest BCUT2D eigenvalue weighted by Crippen LogP contribution is -2.42. The Labute approximate surface area is 106 Å². The Morgan fingerprint density at radius 2 is 1.94 bits per heavy atom. The van der Waals surface area contributed by atoms with Crippen LogP contribution in [0, 0.1) is 0 Å². The molecule has 0 aromatic carbocycles. The second-order valence-electron chi connectivity index (χ2n) is 4.85. The number of aryl methyl sites for hydroxylation is 1. The van der Waals surface area contributed by atoms with E-state index in [0.29, 0.717) is 0 Å². The molecule has 0 radical (unpaired) electrons. The van der Waals surface area contributed by atoms with Gasteiger partial charge in [0, 0.05) is 13.2 Å². The second-order valence-corrected chi connectivity index (χ2v) is 6.85. The van der Waals surface area contributed by atoms with Crippen molar-refractivity contribution in [1.29, 1.82) is 0 Å². The normalized spacial score (nSPS) is 16.6. The Kier molecular flexibility index (Phi) is 4.22. The van der Waals surface area contributed by atoms with Crippen molar-refractivity contribution in [1.82, 2.24) is 14.5 Å². The summed E-state index contributed by atoms with van der Waals surface area (Å²) >= 11 is 0. The molecule has 1 N–H and O–H groups in total. The molecule has 0 fully saturated rings. The van der Waals surface area contributed by atoms with Gasteiger partial charge in [-0.3, -0.25) is 4.68 Å². The Morgan fingerprint density at radius 3 is 2.28 bits per heavy atom. The quantitative estimate of drug-likeness (QED) is 0.923. The van der Waals surface area contributed by atoms with Gasteiger partial charge >= 0.3 is 6.18 Å². The first-order chi connectivity index (χ1) is 8.03. The first-order valence-electron chi connectivity index (χ1n) is 5.26. The molecule has 4 nitrogen and oxygen atoms in total. The molecule has 0 aliphatic rings. The molecule has 8 heteroatoms. The van der Waals surface area contributed by atoms with Gasteiger partial charge < -0.3 is 0 Å². The van der Waals surface area contributed by atoms with Gasteiger partial charge in [0.05, 0.1) is 21.4 Å². The van der Waals surface area contributed by atoms with E-state index < -0.39 is 28.0 Å². The van der Waals surface area contributed by atoms with Crippen molar-refractivity contribution in [2.75, 3.05) is 0 Å². The molecule has 2 atom stereocenters. The van der Waals surface area contributed by atoms with Gasteiger partial charge in [-0.05, 0) is 26.8 Å². The lowest BCUT2D eigenvalue weighted by Gasteiger charge is -2.25. The molecule has 2 unspecified atom stereocenters. The molecular formula is C10H16F3N3OS. The average Bonchev–Trinajstić information content (AvgIpc) is 2.56. The lowest BCUT2D eigenvalue weighted by atomic mass is 10.2. The van der Waals surface area contributed by atoms with E-state index in [-0.39, 0.29) is 5.69 Å². The van der Waals surface area contributed by atoms with Crippen LogP contribution in [0.2, 0.25) is 0 Å². The van der Waals surface area contributed by atoms with Crippen LogP contribution in [0.15, 0.2) is 12.3 Å². The highest BCUT2D eigenvalue weighted by molar-refractivity contribution is 7.84. The predicted octanol–water partition coefficient (Wildman–Crippen LogP) is 2.08. The van der Waals surface area contributed by atoms with Crippen molar-refractivity contribution >= 4 is 11.0 Å². The summed E-state index contributed by atoms with van der Waals surface area (Å²) in [5.74, 6) is 0. The summed E-state index contributed by atoms with van der Waals surface area (Å²) < 4.78 is 53.2. The molecule has 1 heterocycles. The summed E-state index contributed by atoms with van der Waals surface area (Å²) in [6.07, 6.45) is -3.26. The maximum absolute atomic E-state index is 13.0. The number of alkyl halides is 3. The Morgan fingerprint density at radius 1 is 1.39 bits per heavy atom. The molecule has 1 aromatic heterocycles. The zero-order valence-corrected chi connectivity index (χ0v) is 11.4. The Hall–Kier alpha value is -0.890. The zero-order chi connectivity index (χ0) is 14.1. The highest BCUT2D eigenvalue weighted by Gasteiger charge is 2.44. The van der Waals surface area contributed by atoms with Crippen LogP contribution in [0.4, 0.5) is 13.2 Å². The van der Waals surface area contributed by atoms with Crippen LogP contribution >= 0.6 is 0 Å². The van der Waals surface area contributed by atoms with E-state index in [0.717, 1.165) is 4.68 Å². The SMILES string of the molecule is Cn1nccc1C(NS(=O)C(C)(C)C)C(F)(F)F. The van der Waals surface area contributed by atoms with Gasteiger partial charge in [-0.1, -0.05) is 0 Å². The summed E-state index contributed by atoms with van der Waals surface area (Å²) in [5.41, 5.74) is -0.0694. The molecule has 0 bridgehead atoms. The van der Waals surface area contributed by atoms with Gasteiger partial charge in [0.15, 0.2) is 6.04 Å². The molecule has 0 aliphatic heterocycles. The van der Waals surface area contributed by atoms with Crippen molar-refractivity contribution in [2.45, 2.75) is 37.7 Å². The highest BCUT2D eigenvalue weighted by atomic mass is 32.2. The van der Waals surface area contributed by atoms with E-state index in [4.69, 9.17) is 0 Å². The minimum absolute atomic E-state index is 0.0694. The molecule has 1 aromatic rings. The zero-order valence-electron chi connectivity index (χ0n) is 10.6. The molecule has 0 spiro atoms. The van der Waals surface area contributed by atoms with Crippen molar-refractivity contribution in [3.05, 3.63) is 18.0 Å². The van der Waals surface area contributed by atoms with Gasteiger partial charge in [-0.2, -0.15) is 18.3 Å². The smallest absolute Gasteiger partial charge is 0.271 e. The maximum atomic E-state index is 13.0. The molecular weight excluding hydrogens is 267 g/mol. The van der Waals surface area contributed by atoms with Gasteiger partial charge in [-0.15, -0.1) is 0 Å². The van der Waals surface area contributed by atoms with Gasteiger partial charge in [0.25, 0.3) is 0 Å². The van der Waals surface area contributed by atoms with Crippen molar-refractivity contribution in [3.63, 3.8) is 0 Å². The third-order valence-corrected chi connectivity index (χ3v) is 3.83. The Bertz CT molecular complexity index is 436. The predicted molar refractivity (Wildman–Crippen MR) is 63.0 cm³/mol. The first-order valence-corrected chi connectivity index (χ1v) is 6.41. The van der Waals surface area contributed by atoms with E-state index in [2.05, 4.69) is 9.82 Å². The van der Waals surface area contributed by atoms with Crippen LogP contribution in [-0.2, 0) is 18.0 Å². The van der Waals surface area contributed by atoms with Crippen LogP contribution in [0.3, 0.4) is 0 Å². The summed E-state index contributed by atoms with van der Waals surface area (Å²) in [4.78, 5) is 0. The molecule has 0 saturated heterocycles. The van der Waals surface area contributed by atoms with E-state index in [1.165, 1.54) is 19.3 Å². The summed E-state index contributed by atoms with van der Waals surface area (Å²) in [6, 6.07) is -0.740. The summed E-state index contributed by atoms with van der Waals surface area (Å²) in [7, 11) is -0.405. The minimum atomic E-state index is -4.53. The van der Waals surface area contributed by atoms with Crippen LogP contribution in [0.25, 0.3) is 0 Å². The fourth-order valence-corrected chi connectivity index (χ4v) is 2.07. The number of nitrogens with zero attached hydrogens (tertiary/aromatic N) is 2. The molecule has 0 amide bonds. The third kappa shape index (κ3) is 3.55. The maximum Gasteiger partial charge on any atom is 0.410 e. The van der Waals surface area contributed by atoms with E-state index in [1.54, 1.807) is 20.8 Å². The number of hydrogen-bond donors (Lipinski definition) is 1. The topological polar surface area (TPSA) is 46.9 Å². The van der Waals surface area contributed by atoms with Crippen LogP contribution in [-0.4, -0.2) is 24.9 Å². The third-order valence-electron chi connectivity index (χ3n) is 2.26. The van der Waals surface area contributed by atoms with Crippen molar-refractivity contribution in [2.24, 2.45) is 7.05 Å². The number of nitrogens with one attached hydrogen (secondary N) is 1. The van der Waals surface area contributed by atoms with Crippen LogP contribution in [0.1, 0.15) is 32.5 Å². The fraction of sp³-hybridized carbons (Fsp3) is 0.700. The van der Waals surface area contributed by atoms with Crippen molar-refractivity contribution < 1.29 is 17.4 Å². The summed E-state index contributed by atoms with van der Waals surface area (Å²) in [6.45, 7) is 4.81. The molecule has 1 rings (SSSR count). The van der Waals surface area contributed by atoms with Gasteiger partial charge in [-0.25, -0.2) is 8.93 Å². The Balaban J connectivity index is 3.03. The minimum Gasteiger partial charge on any atom is -0.271 e. The number of hydrogen-bond acceptors (Lipinski definition) is 2. The van der Waals surface area contributed by atoms with Crippen LogP contribution < -0.4 is 4.72 Å². The van der Waals surface area contributed by atoms with E-state index >= 15 is 0 Å². The molecule has 0 saturated carbocycles. The fourth-order valence-electron chi connectivity index (χ4n) is 1.25. The number of rotatable bonds is 3. The highest BCUT2D eigenvalue weighted by Crippen LogP contribution is 2.33. The lowest BCUT2D eigenvalue weighted by molar-refractivity contribution is -0.154. The average molecular weight is 283 g/mol. The van der Waals surface area contributed by atoms with Crippen molar-refractivity contribution in [3.8, 4) is 0 Å². The first kappa shape index (κ1) is 15.2. The molecule has 18 heavy (non-hydrogen) atoms. The van der Waals surface area contributed by atoms with Gasteiger partial charge in [0.2, 0.25) is 0 Å². The van der Waals surface area contributed by atoms with Gasteiger partial charge in [0.1, 0.15) is 0 Å². The largest absolute Gasteiger partial charge is 0.410 e. The van der Waals surface area contributed by atoms with E-state index in [9.17, 15) is 17.4 Å². The van der Waals surface area contributed by atoms with E-state index in [1.807, 2.05) is 0 Å². The monoisotopic (exact) mass is 283 g/mol. The second kappa shape index (κ2) is 5.00. The molecule has 0 aliphatic carbocycles. The van der Waals surface area contributed by atoms with Crippen LogP contribution in [0.5, 0.6) is 0 Å². The number of aromatic nitrogens is 2. The molecule has 104 valence electrons. The standard InChI is InChI=1S/C10H16F3N3OS/c1-9(2,3)18(17)15-8(10(11,12)13)7-5-6-14-16(7)4/h5-6,8,15H,1-4H3. The number of halogens is 3. The summed E-state index contributed by atoms with van der Waals surface area (Å²) in [5, 5.41) is 3.70.